The van der Waals surface area contributed by atoms with Crippen LogP contribution in [0.1, 0.15) is 81.6 Å². The van der Waals surface area contributed by atoms with Gasteiger partial charge in [-0.25, -0.2) is 0 Å². The summed E-state index contributed by atoms with van der Waals surface area (Å²) in [5.41, 5.74) is -0.975. The third-order valence-corrected chi connectivity index (χ3v) is 5.46. The number of hydrogen-bond donors (Lipinski definition) is 2. The first-order valence-electron chi connectivity index (χ1n) is 8.98. The number of carboxylic acids is 2. The molecule has 0 rings (SSSR count). The van der Waals surface area contributed by atoms with E-state index in [4.69, 9.17) is 0 Å². The van der Waals surface area contributed by atoms with Crippen LogP contribution < -0.4 is 0 Å². The zero-order valence-corrected chi connectivity index (χ0v) is 17.1. The molecule has 0 saturated carbocycles. The van der Waals surface area contributed by atoms with Gasteiger partial charge in [0.15, 0.2) is 0 Å². The fourth-order valence-corrected chi connectivity index (χ4v) is 3.96. The minimum absolute atomic E-state index is 0.00784. The molecule has 4 heteroatoms. The molecule has 4 atom stereocenters. The predicted octanol–water partition coefficient (Wildman–Crippen LogP) is 5.31. The lowest BCUT2D eigenvalue weighted by Gasteiger charge is -2.41. The van der Waals surface area contributed by atoms with Crippen molar-refractivity contribution in [3.8, 4) is 0 Å². The highest BCUT2D eigenvalue weighted by Crippen LogP contribution is 2.46. The van der Waals surface area contributed by atoms with Crippen LogP contribution in [0.2, 0.25) is 0 Å². The molecule has 0 radical (unpaired) electrons. The largest absolute Gasteiger partial charge is 0.481 e. The second kappa shape index (κ2) is 7.88. The van der Waals surface area contributed by atoms with E-state index in [0.29, 0.717) is 12.8 Å². The lowest BCUT2D eigenvalue weighted by Crippen LogP contribution is -2.41. The van der Waals surface area contributed by atoms with Crippen molar-refractivity contribution in [2.75, 3.05) is 0 Å². The lowest BCUT2D eigenvalue weighted by molar-refractivity contribution is -0.155. The predicted molar refractivity (Wildman–Crippen MR) is 98.0 cm³/mol. The summed E-state index contributed by atoms with van der Waals surface area (Å²) in [4.78, 5) is 23.3. The average Bonchev–Trinajstić information content (AvgIpc) is 2.33. The Labute approximate surface area is 148 Å². The highest BCUT2D eigenvalue weighted by atomic mass is 16.4. The van der Waals surface area contributed by atoms with Crippen molar-refractivity contribution in [3.63, 3.8) is 0 Å². The van der Waals surface area contributed by atoms with E-state index >= 15 is 0 Å². The first kappa shape index (κ1) is 22.9. The first-order chi connectivity index (χ1) is 10.5. The van der Waals surface area contributed by atoms with Gasteiger partial charge in [0.1, 0.15) is 0 Å². The lowest BCUT2D eigenvalue weighted by atomic mass is 9.62. The summed E-state index contributed by atoms with van der Waals surface area (Å²) < 4.78 is 0. The molecule has 2 N–H and O–H groups in total. The zero-order chi connectivity index (χ0) is 19.5. The van der Waals surface area contributed by atoms with Crippen molar-refractivity contribution >= 4 is 11.9 Å². The summed E-state index contributed by atoms with van der Waals surface area (Å²) in [5, 5.41) is 19.1. The summed E-state index contributed by atoms with van der Waals surface area (Å²) in [6.07, 6.45) is 2.09. The Morgan fingerprint density at radius 3 is 1.67 bits per heavy atom. The summed E-state index contributed by atoms with van der Waals surface area (Å²) in [6.45, 7) is 18.1. The molecule has 0 heterocycles. The van der Waals surface area contributed by atoms with Crippen LogP contribution in [-0.2, 0) is 9.59 Å². The quantitative estimate of drug-likeness (QED) is 0.595. The van der Waals surface area contributed by atoms with Gasteiger partial charge in [-0.05, 0) is 48.9 Å². The van der Waals surface area contributed by atoms with E-state index in [2.05, 4.69) is 34.6 Å². The number of hydrogen-bond acceptors (Lipinski definition) is 2. The standard InChI is InChI=1S/C20H38O4/c1-13(15(3)16(21)22)10-19(7,8)12-20(9,17(23)24)14(2)11-18(4,5)6/h13-15H,10-12H2,1-9H3,(H,21,22)(H,23,24). The zero-order valence-electron chi connectivity index (χ0n) is 17.1. The minimum atomic E-state index is -0.817. The van der Waals surface area contributed by atoms with E-state index in [0.717, 1.165) is 6.42 Å². The fourth-order valence-electron chi connectivity index (χ4n) is 3.96. The first-order valence-corrected chi connectivity index (χ1v) is 8.98. The molecule has 0 aliphatic heterocycles. The molecule has 24 heavy (non-hydrogen) atoms. The molecular formula is C20H38O4. The van der Waals surface area contributed by atoms with Crippen molar-refractivity contribution in [2.45, 2.75) is 81.6 Å². The number of aliphatic carboxylic acids is 2. The van der Waals surface area contributed by atoms with Gasteiger partial charge in [-0.2, -0.15) is 0 Å². The smallest absolute Gasteiger partial charge is 0.309 e. The summed E-state index contributed by atoms with van der Waals surface area (Å²) in [5.74, 6) is -1.92. The molecule has 0 aliphatic carbocycles. The molecule has 0 saturated heterocycles. The normalized spacial score (nSPS) is 19.2. The van der Waals surface area contributed by atoms with Crippen LogP contribution >= 0.6 is 0 Å². The van der Waals surface area contributed by atoms with Gasteiger partial charge in [0.25, 0.3) is 0 Å². The SMILES string of the molecule is CC(CC(C)(C)CC(C)(C(=O)O)C(C)CC(C)(C)C)C(C)C(=O)O. The summed E-state index contributed by atoms with van der Waals surface area (Å²) in [7, 11) is 0. The third-order valence-electron chi connectivity index (χ3n) is 5.46. The Morgan fingerprint density at radius 1 is 0.875 bits per heavy atom. The number of rotatable bonds is 9. The van der Waals surface area contributed by atoms with E-state index in [9.17, 15) is 19.8 Å². The molecule has 0 amide bonds. The van der Waals surface area contributed by atoms with Crippen molar-refractivity contribution in [2.24, 2.45) is 34.0 Å². The Bertz CT molecular complexity index is 447. The van der Waals surface area contributed by atoms with Gasteiger partial charge in [-0.3, -0.25) is 9.59 Å². The van der Waals surface area contributed by atoms with Gasteiger partial charge < -0.3 is 10.2 Å². The van der Waals surface area contributed by atoms with Gasteiger partial charge >= 0.3 is 11.9 Å². The van der Waals surface area contributed by atoms with E-state index in [1.807, 2.05) is 20.8 Å². The Balaban J connectivity index is 5.28. The number of carbonyl (C=O) groups is 2. The Kier molecular flexibility index (Phi) is 7.53. The fraction of sp³-hybridized carbons (Fsp3) is 0.900. The molecule has 142 valence electrons. The molecule has 4 nitrogen and oxygen atoms in total. The minimum Gasteiger partial charge on any atom is -0.481 e. The maximum absolute atomic E-state index is 12.1. The van der Waals surface area contributed by atoms with Crippen LogP contribution in [0.4, 0.5) is 0 Å². The topological polar surface area (TPSA) is 74.6 Å². The molecule has 4 unspecified atom stereocenters. The van der Waals surface area contributed by atoms with Gasteiger partial charge in [-0.1, -0.05) is 55.4 Å². The Morgan fingerprint density at radius 2 is 1.33 bits per heavy atom. The summed E-state index contributed by atoms with van der Waals surface area (Å²) in [6, 6.07) is 0. The van der Waals surface area contributed by atoms with E-state index in [-0.39, 0.29) is 22.7 Å². The highest BCUT2D eigenvalue weighted by Gasteiger charge is 2.44. The molecular weight excluding hydrogens is 304 g/mol. The maximum Gasteiger partial charge on any atom is 0.309 e. The average molecular weight is 343 g/mol. The van der Waals surface area contributed by atoms with Crippen LogP contribution in [0, 0.1) is 34.0 Å². The maximum atomic E-state index is 12.1. The van der Waals surface area contributed by atoms with E-state index < -0.39 is 23.3 Å². The molecule has 0 aromatic rings. The highest BCUT2D eigenvalue weighted by molar-refractivity contribution is 5.74. The molecule has 0 aromatic carbocycles. The van der Waals surface area contributed by atoms with Crippen LogP contribution in [0.5, 0.6) is 0 Å². The van der Waals surface area contributed by atoms with Gasteiger partial charge in [-0.15, -0.1) is 0 Å². The monoisotopic (exact) mass is 342 g/mol. The molecule has 0 spiro atoms. The Hall–Kier alpha value is -1.06. The van der Waals surface area contributed by atoms with Crippen molar-refractivity contribution < 1.29 is 19.8 Å². The van der Waals surface area contributed by atoms with Crippen LogP contribution in [0.3, 0.4) is 0 Å². The van der Waals surface area contributed by atoms with Crippen molar-refractivity contribution in [3.05, 3.63) is 0 Å². The molecule has 0 aromatic heterocycles. The van der Waals surface area contributed by atoms with E-state index in [1.54, 1.807) is 6.92 Å². The van der Waals surface area contributed by atoms with E-state index in [1.165, 1.54) is 0 Å². The molecule has 0 aliphatic rings. The van der Waals surface area contributed by atoms with Crippen molar-refractivity contribution in [1.29, 1.82) is 0 Å². The third kappa shape index (κ3) is 6.82. The van der Waals surface area contributed by atoms with Gasteiger partial charge in [0.2, 0.25) is 0 Å². The van der Waals surface area contributed by atoms with Crippen LogP contribution in [0.25, 0.3) is 0 Å². The van der Waals surface area contributed by atoms with Crippen LogP contribution in [0.15, 0.2) is 0 Å². The van der Waals surface area contributed by atoms with Crippen molar-refractivity contribution in [1.82, 2.24) is 0 Å². The second-order valence-electron chi connectivity index (χ2n) is 10.0. The van der Waals surface area contributed by atoms with Gasteiger partial charge in [0, 0.05) is 0 Å². The molecule has 0 bridgehead atoms. The molecule has 0 fully saturated rings. The summed E-state index contributed by atoms with van der Waals surface area (Å²) >= 11 is 0. The second-order valence-corrected chi connectivity index (χ2v) is 10.0. The van der Waals surface area contributed by atoms with Crippen LogP contribution in [-0.4, -0.2) is 22.2 Å². The number of carboxylic acid groups (broad SMARTS) is 2. The van der Waals surface area contributed by atoms with Gasteiger partial charge in [0.05, 0.1) is 11.3 Å².